The molecule has 0 N–H and O–H groups in total. The molecule has 0 spiro atoms. The van der Waals surface area contributed by atoms with Crippen LogP contribution in [0.15, 0.2) is 37.1 Å². The zero-order valence-electron chi connectivity index (χ0n) is 13.3. The van der Waals surface area contributed by atoms with Gasteiger partial charge in [-0.15, -0.1) is 0 Å². The van der Waals surface area contributed by atoms with Crippen LogP contribution in [0.1, 0.15) is 16.1 Å². The van der Waals surface area contributed by atoms with Crippen LogP contribution in [0.4, 0.5) is 5.69 Å². The molecule has 0 saturated carbocycles. The summed E-state index contributed by atoms with van der Waals surface area (Å²) in [7, 11) is 0. The number of aromatic nitrogens is 3. The van der Waals surface area contributed by atoms with Crippen LogP contribution in [-0.4, -0.2) is 51.3 Å². The van der Waals surface area contributed by atoms with Crippen molar-refractivity contribution in [1.29, 1.82) is 0 Å². The van der Waals surface area contributed by atoms with Crippen molar-refractivity contribution in [2.75, 3.05) is 24.5 Å². The first-order valence-electron chi connectivity index (χ1n) is 7.92. The molecular formula is C17H17N5O2. The summed E-state index contributed by atoms with van der Waals surface area (Å²) in [5.41, 5.74) is 2.17. The second-order valence-corrected chi connectivity index (χ2v) is 6.31. The molecule has 4 heterocycles. The van der Waals surface area contributed by atoms with E-state index in [2.05, 4.69) is 15.0 Å². The number of rotatable bonds is 2. The van der Waals surface area contributed by atoms with Crippen molar-refractivity contribution < 1.29 is 9.59 Å². The van der Waals surface area contributed by atoms with Gasteiger partial charge in [0.05, 0.1) is 29.6 Å². The van der Waals surface area contributed by atoms with Crippen molar-refractivity contribution in [3.8, 4) is 0 Å². The molecule has 2 aliphatic heterocycles. The van der Waals surface area contributed by atoms with E-state index in [-0.39, 0.29) is 23.7 Å². The summed E-state index contributed by atoms with van der Waals surface area (Å²) in [5.74, 6) is -0.000877. The van der Waals surface area contributed by atoms with Crippen molar-refractivity contribution in [3.63, 3.8) is 0 Å². The van der Waals surface area contributed by atoms with Crippen LogP contribution in [0.25, 0.3) is 0 Å². The van der Waals surface area contributed by atoms with Crippen LogP contribution >= 0.6 is 0 Å². The molecule has 2 aromatic heterocycles. The van der Waals surface area contributed by atoms with Crippen LogP contribution in [0.3, 0.4) is 0 Å². The molecule has 2 saturated heterocycles. The van der Waals surface area contributed by atoms with Gasteiger partial charge in [0.2, 0.25) is 5.91 Å². The quantitative estimate of drug-likeness (QED) is 0.821. The number of hydrogen-bond donors (Lipinski definition) is 0. The highest BCUT2D eigenvalue weighted by Crippen LogP contribution is 2.35. The highest BCUT2D eigenvalue weighted by Gasteiger charge is 2.48. The molecule has 2 aromatic rings. The smallest absolute Gasteiger partial charge is 0.255 e. The third kappa shape index (κ3) is 2.42. The van der Waals surface area contributed by atoms with Gasteiger partial charge in [-0.1, -0.05) is 0 Å². The summed E-state index contributed by atoms with van der Waals surface area (Å²) in [4.78, 5) is 40.9. The fraction of sp³-hybridized carbons (Fsp3) is 0.353. The van der Waals surface area contributed by atoms with Gasteiger partial charge in [-0.05, 0) is 19.1 Å². The summed E-state index contributed by atoms with van der Waals surface area (Å²) in [6, 6.07) is 3.61. The maximum absolute atomic E-state index is 12.7. The van der Waals surface area contributed by atoms with Gasteiger partial charge in [0.15, 0.2) is 0 Å². The van der Waals surface area contributed by atoms with E-state index in [4.69, 9.17) is 0 Å². The average molecular weight is 323 g/mol. The summed E-state index contributed by atoms with van der Waals surface area (Å²) >= 11 is 0. The second kappa shape index (κ2) is 5.67. The minimum atomic E-state index is -0.146. The van der Waals surface area contributed by atoms with Gasteiger partial charge in [0.1, 0.15) is 6.33 Å². The zero-order chi connectivity index (χ0) is 16.7. The molecule has 2 aliphatic rings. The van der Waals surface area contributed by atoms with Crippen LogP contribution in [-0.2, 0) is 4.79 Å². The molecule has 2 atom stereocenters. The Labute approximate surface area is 139 Å². The van der Waals surface area contributed by atoms with E-state index in [1.165, 1.54) is 6.33 Å². The Bertz CT molecular complexity index is 777. The average Bonchev–Trinajstić information content (AvgIpc) is 3.15. The van der Waals surface area contributed by atoms with Gasteiger partial charge in [-0.25, -0.2) is 9.97 Å². The number of fused-ring (bicyclic) bond motifs is 1. The fourth-order valence-electron chi connectivity index (χ4n) is 3.47. The Balaban J connectivity index is 1.48. The number of aryl methyl sites for hydroxylation is 1. The number of anilines is 1. The monoisotopic (exact) mass is 323 g/mol. The van der Waals surface area contributed by atoms with Crippen molar-refractivity contribution in [2.45, 2.75) is 6.92 Å². The van der Waals surface area contributed by atoms with Crippen molar-refractivity contribution in [3.05, 3.63) is 48.3 Å². The molecule has 7 nitrogen and oxygen atoms in total. The molecule has 7 heteroatoms. The van der Waals surface area contributed by atoms with Crippen molar-refractivity contribution in [2.24, 2.45) is 11.8 Å². The van der Waals surface area contributed by atoms with E-state index in [9.17, 15) is 9.59 Å². The number of carbonyl (C=O) groups excluding carboxylic acids is 2. The van der Waals surface area contributed by atoms with Gasteiger partial charge in [-0.2, -0.15) is 0 Å². The Kier molecular flexibility index (Phi) is 3.48. The molecule has 24 heavy (non-hydrogen) atoms. The molecule has 122 valence electrons. The van der Waals surface area contributed by atoms with E-state index in [1.54, 1.807) is 34.5 Å². The summed E-state index contributed by atoms with van der Waals surface area (Å²) < 4.78 is 0. The summed E-state index contributed by atoms with van der Waals surface area (Å²) in [6.45, 7) is 3.54. The number of amides is 2. The SMILES string of the molecule is Cc1ccc(C(=O)N2C[C@H]3CN(c4cncnc4)C(=O)[C@H]3C2)cn1. The predicted octanol–water partition coefficient (Wildman–Crippen LogP) is 0.915. The summed E-state index contributed by atoms with van der Waals surface area (Å²) in [5, 5.41) is 0. The van der Waals surface area contributed by atoms with Gasteiger partial charge in [0, 0.05) is 37.4 Å². The fourth-order valence-corrected chi connectivity index (χ4v) is 3.47. The first kappa shape index (κ1) is 14.7. The third-order valence-electron chi connectivity index (χ3n) is 4.75. The third-order valence-corrected chi connectivity index (χ3v) is 4.75. The van der Waals surface area contributed by atoms with Crippen LogP contribution in [0, 0.1) is 18.8 Å². The van der Waals surface area contributed by atoms with Crippen LogP contribution in [0.2, 0.25) is 0 Å². The number of hydrogen-bond acceptors (Lipinski definition) is 5. The highest BCUT2D eigenvalue weighted by atomic mass is 16.2. The molecule has 4 rings (SSSR count). The molecule has 0 aromatic carbocycles. The molecule has 2 fully saturated rings. The van der Waals surface area contributed by atoms with Crippen molar-refractivity contribution in [1.82, 2.24) is 19.9 Å². The molecule has 2 amide bonds. The topological polar surface area (TPSA) is 79.3 Å². The van der Waals surface area contributed by atoms with Crippen LogP contribution < -0.4 is 4.90 Å². The second-order valence-electron chi connectivity index (χ2n) is 6.31. The highest BCUT2D eigenvalue weighted by molar-refractivity contribution is 5.99. The molecule has 0 unspecified atom stereocenters. The Morgan fingerprint density at radius 3 is 2.58 bits per heavy atom. The van der Waals surface area contributed by atoms with E-state index < -0.39 is 0 Å². The van der Waals surface area contributed by atoms with Crippen LogP contribution in [0.5, 0.6) is 0 Å². The molecule has 0 aliphatic carbocycles. The van der Waals surface area contributed by atoms with Gasteiger partial charge < -0.3 is 9.80 Å². The number of nitrogens with zero attached hydrogens (tertiary/aromatic N) is 5. The Morgan fingerprint density at radius 2 is 1.92 bits per heavy atom. The number of likely N-dealkylation sites (tertiary alicyclic amines) is 1. The summed E-state index contributed by atoms with van der Waals surface area (Å²) in [6.07, 6.45) is 6.34. The lowest BCUT2D eigenvalue weighted by molar-refractivity contribution is -0.120. The predicted molar refractivity (Wildman–Crippen MR) is 86.2 cm³/mol. The number of carbonyl (C=O) groups is 2. The Hall–Kier alpha value is -2.83. The zero-order valence-corrected chi connectivity index (χ0v) is 13.3. The number of pyridine rings is 1. The van der Waals surface area contributed by atoms with E-state index in [0.717, 1.165) is 11.4 Å². The molecular weight excluding hydrogens is 306 g/mol. The minimum Gasteiger partial charge on any atom is -0.337 e. The maximum atomic E-state index is 12.7. The lowest BCUT2D eigenvalue weighted by atomic mass is 10.0. The lowest BCUT2D eigenvalue weighted by Gasteiger charge is -2.21. The van der Waals surface area contributed by atoms with Gasteiger partial charge in [0.25, 0.3) is 5.91 Å². The first-order chi connectivity index (χ1) is 11.6. The van der Waals surface area contributed by atoms with E-state index >= 15 is 0 Å². The molecule has 0 radical (unpaired) electrons. The minimum absolute atomic E-state index is 0.0483. The van der Waals surface area contributed by atoms with Crippen molar-refractivity contribution >= 4 is 17.5 Å². The largest absolute Gasteiger partial charge is 0.337 e. The normalized spacial score (nSPS) is 22.8. The van der Waals surface area contributed by atoms with Gasteiger partial charge in [-0.3, -0.25) is 14.6 Å². The molecule has 0 bridgehead atoms. The standard InChI is InChI=1S/C17H17N5O2/c1-11-2-3-12(4-20-11)16(23)21-7-13-8-22(17(24)15(13)9-21)14-5-18-10-19-6-14/h2-6,10,13,15H,7-9H2,1H3/t13-,15-/m0/s1. The van der Waals surface area contributed by atoms with E-state index in [0.29, 0.717) is 25.2 Å². The first-order valence-corrected chi connectivity index (χ1v) is 7.92. The maximum Gasteiger partial charge on any atom is 0.255 e. The Morgan fingerprint density at radius 1 is 1.12 bits per heavy atom. The lowest BCUT2D eigenvalue weighted by Crippen LogP contribution is -2.35. The van der Waals surface area contributed by atoms with Gasteiger partial charge >= 0.3 is 0 Å². The van der Waals surface area contributed by atoms with E-state index in [1.807, 2.05) is 13.0 Å².